The molecule has 2 N–H and O–H groups in total. The van der Waals surface area contributed by atoms with Crippen molar-refractivity contribution in [3.63, 3.8) is 0 Å². The molecule has 174 valence electrons. The molecule has 2 saturated heterocycles. The summed E-state index contributed by atoms with van der Waals surface area (Å²) in [6.07, 6.45) is 10.6. The summed E-state index contributed by atoms with van der Waals surface area (Å²) in [5.74, 6) is -1.71. The second-order valence-corrected chi connectivity index (χ2v) is 10.3. The number of fused-ring (bicyclic) bond motifs is 1. The molecule has 3 amide bonds. The van der Waals surface area contributed by atoms with Crippen molar-refractivity contribution < 1.29 is 19.1 Å². The number of carbonyl (C=O) groups is 3. The third-order valence-corrected chi connectivity index (χ3v) is 8.00. The molecular formula is C26H31N3O4. The fourth-order valence-electron chi connectivity index (χ4n) is 6.27. The molecule has 2 aliphatic carbocycles. The topological polar surface area (TPSA) is 87.7 Å². The monoisotopic (exact) mass is 449 g/mol. The maximum atomic E-state index is 13.9. The van der Waals surface area contributed by atoms with Crippen LogP contribution in [0.5, 0.6) is 0 Å². The molecule has 0 aromatic heterocycles. The van der Waals surface area contributed by atoms with E-state index in [0.29, 0.717) is 6.54 Å². The van der Waals surface area contributed by atoms with Crippen LogP contribution in [0.2, 0.25) is 0 Å². The van der Waals surface area contributed by atoms with Crippen LogP contribution in [0, 0.1) is 11.8 Å². The van der Waals surface area contributed by atoms with Crippen molar-refractivity contribution in [2.24, 2.45) is 11.8 Å². The lowest BCUT2D eigenvalue weighted by atomic mass is 9.74. The molecule has 1 aromatic carbocycles. The van der Waals surface area contributed by atoms with Gasteiger partial charge in [-0.3, -0.25) is 14.4 Å². The summed E-state index contributed by atoms with van der Waals surface area (Å²) in [7, 11) is 0. The SMILES string of the molecule is O=C(NC1CC1)[C@H]1[C@H]2C=C[C@@]3(O2)[C@H](C(=O)NC2CCCCC2)N(Cc2ccccc2)C(=O)[C@@H]13. The first-order chi connectivity index (χ1) is 16.1. The average Bonchev–Trinajstić information content (AvgIpc) is 3.37. The minimum absolute atomic E-state index is 0.125. The molecule has 1 spiro atoms. The van der Waals surface area contributed by atoms with Gasteiger partial charge in [-0.1, -0.05) is 61.7 Å². The molecule has 7 heteroatoms. The minimum atomic E-state index is -1.08. The summed E-state index contributed by atoms with van der Waals surface area (Å²) >= 11 is 0. The summed E-state index contributed by atoms with van der Waals surface area (Å²) in [5.41, 5.74) is -0.129. The number of nitrogens with one attached hydrogen (secondary N) is 2. The van der Waals surface area contributed by atoms with Crippen LogP contribution in [-0.4, -0.2) is 52.5 Å². The maximum Gasteiger partial charge on any atom is 0.246 e. The predicted molar refractivity (Wildman–Crippen MR) is 121 cm³/mol. The molecule has 0 unspecified atom stereocenters. The van der Waals surface area contributed by atoms with Gasteiger partial charge >= 0.3 is 0 Å². The molecule has 2 saturated carbocycles. The zero-order valence-electron chi connectivity index (χ0n) is 18.7. The van der Waals surface area contributed by atoms with E-state index in [1.807, 2.05) is 42.5 Å². The fourth-order valence-corrected chi connectivity index (χ4v) is 6.27. The standard InChI is InChI=1S/C26H31N3O4/c30-23(27-18-11-12-18)20-19-13-14-26(33-19)21(20)25(32)29(15-16-7-3-1-4-8-16)22(26)24(31)28-17-9-5-2-6-10-17/h1,3-4,7-8,13-14,17-22H,2,5-6,9-12,15H2,(H,27,30)(H,28,31)/t19-,20+,21-,22+,26+/m1/s1. The summed E-state index contributed by atoms with van der Waals surface area (Å²) in [5, 5.41) is 6.29. The van der Waals surface area contributed by atoms with Gasteiger partial charge < -0.3 is 20.3 Å². The van der Waals surface area contributed by atoms with Crippen molar-refractivity contribution in [1.29, 1.82) is 0 Å². The van der Waals surface area contributed by atoms with Crippen molar-refractivity contribution in [3.8, 4) is 0 Å². The van der Waals surface area contributed by atoms with Gasteiger partial charge in [-0.15, -0.1) is 0 Å². The molecule has 3 aliphatic heterocycles. The van der Waals surface area contributed by atoms with Crippen LogP contribution < -0.4 is 10.6 Å². The molecule has 5 atom stereocenters. The minimum Gasteiger partial charge on any atom is -0.359 e. The smallest absolute Gasteiger partial charge is 0.246 e. The first kappa shape index (κ1) is 20.9. The van der Waals surface area contributed by atoms with Gasteiger partial charge in [0.15, 0.2) is 0 Å². The van der Waals surface area contributed by atoms with E-state index < -0.39 is 29.6 Å². The van der Waals surface area contributed by atoms with E-state index in [0.717, 1.165) is 44.1 Å². The highest BCUT2D eigenvalue weighted by atomic mass is 16.5. The number of hydrogen-bond acceptors (Lipinski definition) is 4. The van der Waals surface area contributed by atoms with E-state index in [1.165, 1.54) is 6.42 Å². The number of hydrogen-bond donors (Lipinski definition) is 2. The first-order valence-electron chi connectivity index (χ1n) is 12.4. The Morgan fingerprint density at radius 1 is 0.970 bits per heavy atom. The Morgan fingerprint density at radius 2 is 1.67 bits per heavy atom. The quantitative estimate of drug-likeness (QED) is 0.651. The van der Waals surface area contributed by atoms with Gasteiger partial charge in [-0.05, 0) is 31.2 Å². The zero-order valence-corrected chi connectivity index (χ0v) is 18.7. The van der Waals surface area contributed by atoms with Crippen molar-refractivity contribution in [2.75, 3.05) is 0 Å². The second kappa shape index (κ2) is 7.97. The van der Waals surface area contributed by atoms with Crippen LogP contribution >= 0.6 is 0 Å². The van der Waals surface area contributed by atoms with Crippen molar-refractivity contribution in [2.45, 2.75) is 81.3 Å². The third-order valence-electron chi connectivity index (χ3n) is 8.00. The molecule has 7 nitrogen and oxygen atoms in total. The Balaban J connectivity index is 1.33. The second-order valence-electron chi connectivity index (χ2n) is 10.3. The first-order valence-corrected chi connectivity index (χ1v) is 12.4. The molecular weight excluding hydrogens is 418 g/mol. The lowest BCUT2D eigenvalue weighted by Crippen LogP contribution is -2.56. The number of carbonyl (C=O) groups excluding carboxylic acids is 3. The fraction of sp³-hybridized carbons (Fsp3) is 0.577. The number of benzene rings is 1. The number of likely N-dealkylation sites (tertiary alicyclic amines) is 1. The molecule has 6 rings (SSSR count). The van der Waals surface area contributed by atoms with E-state index in [9.17, 15) is 14.4 Å². The molecule has 0 radical (unpaired) electrons. The third kappa shape index (κ3) is 3.48. The average molecular weight is 450 g/mol. The van der Waals surface area contributed by atoms with Crippen molar-refractivity contribution in [1.82, 2.24) is 15.5 Å². The van der Waals surface area contributed by atoms with Crippen LogP contribution in [-0.2, 0) is 25.7 Å². The van der Waals surface area contributed by atoms with Crippen LogP contribution in [0.15, 0.2) is 42.5 Å². The van der Waals surface area contributed by atoms with Crippen LogP contribution in [0.3, 0.4) is 0 Å². The molecule has 1 aromatic rings. The lowest BCUT2D eigenvalue weighted by Gasteiger charge is -2.34. The number of rotatable bonds is 6. The van der Waals surface area contributed by atoms with Gasteiger partial charge in [0.2, 0.25) is 17.7 Å². The molecule has 3 heterocycles. The predicted octanol–water partition coefficient (Wildman–Crippen LogP) is 2.06. The summed E-state index contributed by atoms with van der Waals surface area (Å²) in [6.45, 7) is 0.319. The molecule has 4 fully saturated rings. The Hall–Kier alpha value is -2.67. The van der Waals surface area contributed by atoms with Gasteiger partial charge in [-0.25, -0.2) is 0 Å². The zero-order chi connectivity index (χ0) is 22.6. The van der Waals surface area contributed by atoms with E-state index in [1.54, 1.807) is 4.90 Å². The number of ether oxygens (including phenoxy) is 1. The number of nitrogens with zero attached hydrogens (tertiary/aromatic N) is 1. The Kier molecular flexibility index (Phi) is 5.05. The highest BCUT2D eigenvalue weighted by Gasteiger charge is 2.72. The van der Waals surface area contributed by atoms with Crippen molar-refractivity contribution in [3.05, 3.63) is 48.0 Å². The highest BCUT2D eigenvalue weighted by Crippen LogP contribution is 2.55. The highest BCUT2D eigenvalue weighted by molar-refractivity contribution is 6.00. The summed E-state index contributed by atoms with van der Waals surface area (Å²) in [6, 6.07) is 9.27. The van der Waals surface area contributed by atoms with E-state index in [4.69, 9.17) is 4.74 Å². The van der Waals surface area contributed by atoms with Crippen LogP contribution in [0.1, 0.15) is 50.5 Å². The summed E-state index contributed by atoms with van der Waals surface area (Å²) < 4.78 is 6.39. The lowest BCUT2D eigenvalue weighted by molar-refractivity contribution is -0.142. The summed E-state index contributed by atoms with van der Waals surface area (Å²) in [4.78, 5) is 42.4. The van der Waals surface area contributed by atoms with Crippen LogP contribution in [0.4, 0.5) is 0 Å². The van der Waals surface area contributed by atoms with Gasteiger partial charge in [0.1, 0.15) is 11.6 Å². The normalized spacial score (nSPS) is 35.0. The van der Waals surface area contributed by atoms with E-state index in [2.05, 4.69) is 10.6 Å². The van der Waals surface area contributed by atoms with Crippen LogP contribution in [0.25, 0.3) is 0 Å². The largest absolute Gasteiger partial charge is 0.359 e. The Labute approximate surface area is 193 Å². The van der Waals surface area contributed by atoms with E-state index in [-0.39, 0.29) is 29.8 Å². The Morgan fingerprint density at radius 3 is 2.39 bits per heavy atom. The maximum absolute atomic E-state index is 13.9. The molecule has 33 heavy (non-hydrogen) atoms. The van der Waals surface area contributed by atoms with Gasteiger partial charge in [-0.2, -0.15) is 0 Å². The van der Waals surface area contributed by atoms with Gasteiger partial charge in [0, 0.05) is 18.6 Å². The Bertz CT molecular complexity index is 985. The van der Waals surface area contributed by atoms with Gasteiger partial charge in [0.05, 0.1) is 17.9 Å². The van der Waals surface area contributed by atoms with E-state index >= 15 is 0 Å². The molecule has 2 bridgehead atoms. The van der Waals surface area contributed by atoms with Crippen molar-refractivity contribution >= 4 is 17.7 Å². The molecule has 5 aliphatic rings. The number of amides is 3. The van der Waals surface area contributed by atoms with Gasteiger partial charge in [0.25, 0.3) is 0 Å².